The van der Waals surface area contributed by atoms with Crippen molar-refractivity contribution in [1.29, 1.82) is 0 Å². The Labute approximate surface area is 105 Å². The van der Waals surface area contributed by atoms with Crippen LogP contribution in [0.15, 0.2) is 23.6 Å². The number of rotatable bonds is 3. The Morgan fingerprint density at radius 2 is 2.24 bits per heavy atom. The Morgan fingerprint density at radius 1 is 1.47 bits per heavy atom. The van der Waals surface area contributed by atoms with Crippen molar-refractivity contribution in [2.75, 3.05) is 5.32 Å². The molecule has 0 spiro atoms. The van der Waals surface area contributed by atoms with Gasteiger partial charge in [0.25, 0.3) is 0 Å². The first kappa shape index (κ1) is 11.7. The highest BCUT2D eigenvalue weighted by Gasteiger charge is 2.09. The van der Waals surface area contributed by atoms with Crippen LogP contribution in [0.5, 0.6) is 5.88 Å². The van der Waals surface area contributed by atoms with E-state index in [2.05, 4.69) is 10.3 Å². The summed E-state index contributed by atoms with van der Waals surface area (Å²) in [5, 5.41) is 23.0. The predicted octanol–water partition coefficient (Wildman–Crippen LogP) is 2.94. The largest absolute Gasteiger partial charge is 0.493 e. The molecule has 1 aromatic carbocycles. The zero-order chi connectivity index (χ0) is 12.4. The Bertz CT molecular complexity index is 570. The number of halogens is 1. The molecule has 17 heavy (non-hydrogen) atoms. The van der Waals surface area contributed by atoms with Crippen LogP contribution in [0.2, 0.25) is 5.02 Å². The maximum Gasteiger partial charge on any atom is 0.335 e. The highest BCUT2D eigenvalue weighted by Crippen LogP contribution is 2.29. The summed E-state index contributed by atoms with van der Waals surface area (Å²) in [5.41, 5.74) is 0.554. The molecule has 0 fully saturated rings. The molecule has 1 aromatic heterocycles. The van der Waals surface area contributed by atoms with E-state index in [9.17, 15) is 4.79 Å². The van der Waals surface area contributed by atoms with E-state index in [1.807, 2.05) is 0 Å². The number of thiazole rings is 1. The maximum absolute atomic E-state index is 10.8. The summed E-state index contributed by atoms with van der Waals surface area (Å²) in [6.45, 7) is 0. The molecule has 0 saturated carbocycles. The van der Waals surface area contributed by atoms with E-state index >= 15 is 0 Å². The number of aromatic hydroxyl groups is 1. The third kappa shape index (κ3) is 2.66. The van der Waals surface area contributed by atoms with Gasteiger partial charge in [0.05, 0.1) is 21.7 Å². The fourth-order valence-corrected chi connectivity index (χ4v) is 1.94. The van der Waals surface area contributed by atoms with E-state index in [1.165, 1.54) is 34.9 Å². The first-order valence-electron chi connectivity index (χ1n) is 4.50. The monoisotopic (exact) mass is 270 g/mol. The number of nitrogens with one attached hydrogen (secondary N) is 1. The van der Waals surface area contributed by atoms with E-state index in [1.54, 1.807) is 0 Å². The zero-order valence-electron chi connectivity index (χ0n) is 8.35. The van der Waals surface area contributed by atoms with E-state index in [0.717, 1.165) is 0 Å². The van der Waals surface area contributed by atoms with Gasteiger partial charge in [-0.2, -0.15) is 4.98 Å². The lowest BCUT2D eigenvalue weighted by molar-refractivity contribution is 0.0697. The third-order valence-corrected chi connectivity index (χ3v) is 3.02. The molecule has 7 heteroatoms. The number of hydrogen-bond donors (Lipinski definition) is 3. The van der Waals surface area contributed by atoms with Crippen molar-refractivity contribution >= 4 is 39.7 Å². The zero-order valence-corrected chi connectivity index (χ0v) is 9.92. The van der Waals surface area contributed by atoms with Gasteiger partial charge in [-0.05, 0) is 18.2 Å². The van der Waals surface area contributed by atoms with Crippen LogP contribution in [0.3, 0.4) is 0 Å². The van der Waals surface area contributed by atoms with Crippen molar-refractivity contribution in [3.05, 3.63) is 34.2 Å². The lowest BCUT2D eigenvalue weighted by Gasteiger charge is -2.06. The summed E-state index contributed by atoms with van der Waals surface area (Å²) in [6.07, 6.45) is 0. The van der Waals surface area contributed by atoms with Crippen LogP contribution in [0, 0.1) is 0 Å². The lowest BCUT2D eigenvalue weighted by Crippen LogP contribution is -1.98. The summed E-state index contributed by atoms with van der Waals surface area (Å²) in [4.78, 5) is 14.6. The molecule has 0 aliphatic rings. The molecule has 0 amide bonds. The second kappa shape index (κ2) is 4.60. The normalized spacial score (nSPS) is 10.2. The van der Waals surface area contributed by atoms with Crippen molar-refractivity contribution in [1.82, 2.24) is 4.98 Å². The minimum Gasteiger partial charge on any atom is -0.493 e. The topological polar surface area (TPSA) is 82.5 Å². The van der Waals surface area contributed by atoms with Gasteiger partial charge in [-0.1, -0.05) is 11.6 Å². The van der Waals surface area contributed by atoms with Gasteiger partial charge in [0.15, 0.2) is 5.13 Å². The molecule has 0 atom stereocenters. The van der Waals surface area contributed by atoms with E-state index in [4.69, 9.17) is 21.8 Å². The molecule has 0 unspecified atom stereocenters. The number of nitrogens with zero attached hydrogens (tertiary/aromatic N) is 1. The van der Waals surface area contributed by atoms with E-state index in [-0.39, 0.29) is 11.4 Å². The number of carboxylic acid groups (broad SMARTS) is 1. The van der Waals surface area contributed by atoms with Gasteiger partial charge in [0, 0.05) is 0 Å². The number of anilines is 2. The molecular weight excluding hydrogens is 264 g/mol. The average molecular weight is 271 g/mol. The standard InChI is InChI=1S/C10H7ClN2O3S/c11-6-2-1-5(9(15)16)3-7(6)12-10-13-8(14)4-17-10/h1-4,14H,(H,12,13)(H,15,16). The van der Waals surface area contributed by atoms with Crippen LogP contribution >= 0.6 is 22.9 Å². The lowest BCUT2D eigenvalue weighted by atomic mass is 10.2. The van der Waals surface area contributed by atoms with Gasteiger partial charge in [-0.15, -0.1) is 11.3 Å². The quantitative estimate of drug-likeness (QED) is 0.799. The fraction of sp³-hybridized carbons (Fsp3) is 0. The van der Waals surface area contributed by atoms with E-state index < -0.39 is 5.97 Å². The maximum atomic E-state index is 10.8. The Balaban J connectivity index is 2.31. The number of aromatic nitrogens is 1. The summed E-state index contributed by atoms with van der Waals surface area (Å²) < 4.78 is 0. The van der Waals surface area contributed by atoms with Gasteiger partial charge in [0.1, 0.15) is 0 Å². The number of carbonyl (C=O) groups is 1. The first-order chi connectivity index (χ1) is 8.06. The molecule has 2 rings (SSSR count). The summed E-state index contributed by atoms with van der Waals surface area (Å²) in [7, 11) is 0. The number of carboxylic acids is 1. The highest BCUT2D eigenvalue weighted by atomic mass is 35.5. The first-order valence-corrected chi connectivity index (χ1v) is 5.76. The minimum atomic E-state index is -1.04. The van der Waals surface area contributed by atoms with Crippen LogP contribution < -0.4 is 5.32 Å². The van der Waals surface area contributed by atoms with Crippen LogP contribution in [-0.2, 0) is 0 Å². The Morgan fingerprint density at radius 3 is 2.82 bits per heavy atom. The van der Waals surface area contributed by atoms with Crippen molar-refractivity contribution in [2.45, 2.75) is 0 Å². The highest BCUT2D eigenvalue weighted by molar-refractivity contribution is 7.14. The van der Waals surface area contributed by atoms with Crippen LogP contribution in [0.1, 0.15) is 10.4 Å². The van der Waals surface area contributed by atoms with Crippen molar-refractivity contribution in [3.63, 3.8) is 0 Å². The molecular formula is C10H7ClN2O3S. The fourth-order valence-electron chi connectivity index (χ4n) is 1.19. The molecule has 2 aromatic rings. The molecule has 0 radical (unpaired) electrons. The molecule has 0 aliphatic carbocycles. The Hall–Kier alpha value is -1.79. The number of benzene rings is 1. The summed E-state index contributed by atoms with van der Waals surface area (Å²) in [5.74, 6) is -1.13. The molecule has 0 bridgehead atoms. The van der Waals surface area contributed by atoms with Gasteiger partial charge in [-0.25, -0.2) is 4.79 Å². The van der Waals surface area contributed by atoms with Crippen LogP contribution in [0.25, 0.3) is 0 Å². The molecule has 3 N–H and O–H groups in total. The number of aromatic carboxylic acids is 1. The molecule has 1 heterocycles. The van der Waals surface area contributed by atoms with Crippen LogP contribution in [-0.4, -0.2) is 21.2 Å². The van der Waals surface area contributed by atoms with E-state index in [0.29, 0.717) is 15.8 Å². The van der Waals surface area contributed by atoms with Gasteiger partial charge in [-0.3, -0.25) is 0 Å². The number of hydrogen-bond acceptors (Lipinski definition) is 5. The molecule has 5 nitrogen and oxygen atoms in total. The van der Waals surface area contributed by atoms with Crippen LogP contribution in [0.4, 0.5) is 10.8 Å². The Kier molecular flexibility index (Phi) is 3.16. The second-order valence-corrected chi connectivity index (χ2v) is 4.40. The van der Waals surface area contributed by atoms with Crippen molar-refractivity contribution in [2.24, 2.45) is 0 Å². The summed E-state index contributed by atoms with van der Waals surface area (Å²) in [6, 6.07) is 4.30. The van der Waals surface area contributed by atoms with Gasteiger partial charge < -0.3 is 15.5 Å². The second-order valence-electron chi connectivity index (χ2n) is 3.14. The average Bonchev–Trinajstić information content (AvgIpc) is 2.67. The third-order valence-electron chi connectivity index (χ3n) is 1.95. The van der Waals surface area contributed by atoms with Gasteiger partial charge >= 0.3 is 5.97 Å². The van der Waals surface area contributed by atoms with Crippen molar-refractivity contribution < 1.29 is 15.0 Å². The summed E-state index contributed by atoms with van der Waals surface area (Å²) >= 11 is 7.11. The van der Waals surface area contributed by atoms with Crippen molar-refractivity contribution in [3.8, 4) is 5.88 Å². The molecule has 0 saturated heterocycles. The smallest absolute Gasteiger partial charge is 0.335 e. The molecule has 88 valence electrons. The minimum absolute atomic E-state index is 0.0944. The SMILES string of the molecule is O=C(O)c1ccc(Cl)c(Nc2nc(O)cs2)c1. The van der Waals surface area contributed by atoms with Gasteiger partial charge in [0.2, 0.25) is 5.88 Å². The molecule has 0 aliphatic heterocycles. The predicted molar refractivity (Wildman–Crippen MR) is 65.5 cm³/mol.